The molecule has 2 heterocycles. The van der Waals surface area contributed by atoms with E-state index in [1.54, 1.807) is 23.0 Å². The van der Waals surface area contributed by atoms with E-state index in [4.69, 9.17) is 28.9 Å². The topological polar surface area (TPSA) is 69.6 Å². The first-order valence-electron chi connectivity index (χ1n) is 5.08. The van der Waals surface area contributed by atoms with Crippen molar-refractivity contribution in [3.8, 4) is 5.69 Å². The summed E-state index contributed by atoms with van der Waals surface area (Å²) in [5, 5.41) is 5.58. The normalized spacial score (nSPS) is 11.0. The lowest BCUT2D eigenvalue weighted by Gasteiger charge is -2.03. The molecule has 0 radical (unpaired) electrons. The Kier molecular flexibility index (Phi) is 2.57. The lowest BCUT2D eigenvalue weighted by Crippen LogP contribution is -1.99. The van der Waals surface area contributed by atoms with Gasteiger partial charge in [0.2, 0.25) is 5.28 Å². The van der Waals surface area contributed by atoms with Crippen molar-refractivity contribution in [1.82, 2.24) is 19.7 Å². The second kappa shape index (κ2) is 4.12. The van der Waals surface area contributed by atoms with Crippen LogP contribution in [0.15, 0.2) is 30.5 Å². The highest BCUT2D eigenvalue weighted by atomic mass is 35.5. The van der Waals surface area contributed by atoms with Gasteiger partial charge in [-0.25, -0.2) is 9.67 Å². The molecule has 0 fully saturated rings. The van der Waals surface area contributed by atoms with Gasteiger partial charge in [0.05, 0.1) is 17.3 Å². The van der Waals surface area contributed by atoms with Crippen molar-refractivity contribution in [2.24, 2.45) is 0 Å². The van der Waals surface area contributed by atoms with Gasteiger partial charge in [0, 0.05) is 5.02 Å². The summed E-state index contributed by atoms with van der Waals surface area (Å²) < 4.78 is 1.62. The molecule has 0 bridgehead atoms. The maximum Gasteiger partial charge on any atom is 0.226 e. The average molecular weight is 280 g/mol. The first kappa shape index (κ1) is 11.3. The Labute approximate surface area is 112 Å². The van der Waals surface area contributed by atoms with Crippen LogP contribution in [-0.2, 0) is 0 Å². The maximum absolute atomic E-state index is 5.95. The quantitative estimate of drug-likeness (QED) is 0.696. The molecule has 0 unspecified atom stereocenters. The molecular weight excluding hydrogens is 273 g/mol. The Morgan fingerprint density at radius 2 is 2.00 bits per heavy atom. The van der Waals surface area contributed by atoms with Gasteiger partial charge >= 0.3 is 0 Å². The Bertz CT molecular complexity index is 737. The summed E-state index contributed by atoms with van der Waals surface area (Å²) in [5.41, 5.74) is 7.10. The van der Waals surface area contributed by atoms with E-state index in [1.807, 2.05) is 12.1 Å². The van der Waals surface area contributed by atoms with Crippen molar-refractivity contribution in [2.75, 3.05) is 5.73 Å². The van der Waals surface area contributed by atoms with Crippen molar-refractivity contribution in [3.05, 3.63) is 40.8 Å². The van der Waals surface area contributed by atoms with Gasteiger partial charge < -0.3 is 5.73 Å². The van der Waals surface area contributed by atoms with Gasteiger partial charge in [-0.15, -0.1) is 0 Å². The van der Waals surface area contributed by atoms with E-state index < -0.39 is 0 Å². The van der Waals surface area contributed by atoms with Gasteiger partial charge in [-0.2, -0.15) is 10.1 Å². The maximum atomic E-state index is 5.95. The number of halogens is 2. The standard InChI is InChI=1S/C11H7Cl2N5/c12-6-2-1-3-7(4-6)18-10-8(5-15-18)9(14)16-11(13)17-10/h1-5H,(H2,14,16,17). The van der Waals surface area contributed by atoms with Crippen molar-refractivity contribution < 1.29 is 0 Å². The fourth-order valence-electron chi connectivity index (χ4n) is 1.70. The van der Waals surface area contributed by atoms with E-state index in [1.165, 1.54) is 0 Å². The van der Waals surface area contributed by atoms with Gasteiger partial charge in [-0.1, -0.05) is 17.7 Å². The van der Waals surface area contributed by atoms with Crippen LogP contribution in [0, 0.1) is 0 Å². The summed E-state index contributed by atoms with van der Waals surface area (Å²) in [5.74, 6) is 0.304. The van der Waals surface area contributed by atoms with Crippen molar-refractivity contribution in [3.63, 3.8) is 0 Å². The van der Waals surface area contributed by atoms with E-state index >= 15 is 0 Å². The zero-order valence-electron chi connectivity index (χ0n) is 9.01. The second-order valence-corrected chi connectivity index (χ2v) is 4.43. The number of rotatable bonds is 1. The zero-order valence-corrected chi connectivity index (χ0v) is 10.5. The summed E-state index contributed by atoms with van der Waals surface area (Å²) >= 11 is 11.8. The van der Waals surface area contributed by atoms with E-state index in [0.29, 0.717) is 21.9 Å². The minimum atomic E-state index is 0.0868. The molecule has 0 aliphatic carbocycles. The number of nitrogens with zero attached hydrogens (tertiary/aromatic N) is 4. The van der Waals surface area contributed by atoms with E-state index in [-0.39, 0.29) is 5.28 Å². The highest BCUT2D eigenvalue weighted by molar-refractivity contribution is 6.30. The number of anilines is 1. The van der Waals surface area contributed by atoms with Crippen molar-refractivity contribution in [2.45, 2.75) is 0 Å². The first-order chi connectivity index (χ1) is 8.65. The Balaban J connectivity index is 2.30. The lowest BCUT2D eigenvalue weighted by atomic mass is 10.3. The number of nitrogens with two attached hydrogens (primary N) is 1. The van der Waals surface area contributed by atoms with E-state index in [9.17, 15) is 0 Å². The fraction of sp³-hybridized carbons (Fsp3) is 0. The lowest BCUT2D eigenvalue weighted by molar-refractivity contribution is 0.895. The van der Waals surface area contributed by atoms with E-state index in [2.05, 4.69) is 15.1 Å². The Morgan fingerprint density at radius 3 is 2.78 bits per heavy atom. The van der Waals surface area contributed by atoms with Crippen molar-refractivity contribution in [1.29, 1.82) is 0 Å². The van der Waals surface area contributed by atoms with Crippen LogP contribution in [0.5, 0.6) is 0 Å². The van der Waals surface area contributed by atoms with E-state index in [0.717, 1.165) is 5.69 Å². The minimum Gasteiger partial charge on any atom is -0.383 e. The van der Waals surface area contributed by atoms with Crippen molar-refractivity contribution >= 4 is 40.1 Å². The van der Waals surface area contributed by atoms with Crippen LogP contribution in [0.3, 0.4) is 0 Å². The molecule has 0 saturated carbocycles. The molecule has 1 aromatic carbocycles. The van der Waals surface area contributed by atoms with Gasteiger partial charge in [0.25, 0.3) is 0 Å². The predicted octanol–water partition coefficient (Wildman–Crippen LogP) is 2.70. The molecule has 3 rings (SSSR count). The molecule has 5 nitrogen and oxygen atoms in total. The largest absolute Gasteiger partial charge is 0.383 e. The van der Waals surface area contributed by atoms with Crippen LogP contribution in [0.25, 0.3) is 16.7 Å². The summed E-state index contributed by atoms with van der Waals surface area (Å²) in [6, 6.07) is 7.26. The molecule has 0 spiro atoms. The molecule has 2 N–H and O–H groups in total. The number of fused-ring (bicyclic) bond motifs is 1. The molecule has 90 valence electrons. The van der Waals surface area contributed by atoms with Crippen LogP contribution < -0.4 is 5.73 Å². The van der Waals surface area contributed by atoms with Crippen LogP contribution in [0.1, 0.15) is 0 Å². The zero-order chi connectivity index (χ0) is 12.7. The third-order valence-electron chi connectivity index (χ3n) is 2.48. The highest BCUT2D eigenvalue weighted by Crippen LogP contribution is 2.23. The second-order valence-electron chi connectivity index (χ2n) is 3.65. The third kappa shape index (κ3) is 1.77. The summed E-state index contributed by atoms with van der Waals surface area (Å²) in [6.07, 6.45) is 1.60. The smallest absolute Gasteiger partial charge is 0.226 e. The van der Waals surface area contributed by atoms with Crippen LogP contribution >= 0.6 is 23.2 Å². The average Bonchev–Trinajstić information content (AvgIpc) is 2.72. The number of hydrogen-bond acceptors (Lipinski definition) is 4. The molecule has 0 aliphatic rings. The molecule has 0 aliphatic heterocycles. The van der Waals surface area contributed by atoms with Gasteiger partial charge in [0.1, 0.15) is 5.82 Å². The van der Waals surface area contributed by atoms with Crippen LogP contribution in [0.2, 0.25) is 10.3 Å². The van der Waals surface area contributed by atoms with Gasteiger partial charge in [-0.05, 0) is 29.8 Å². The fourth-order valence-corrected chi connectivity index (χ4v) is 2.05. The molecule has 18 heavy (non-hydrogen) atoms. The first-order valence-corrected chi connectivity index (χ1v) is 5.83. The molecule has 7 heteroatoms. The number of benzene rings is 1. The number of nitrogen functional groups attached to an aromatic ring is 1. The summed E-state index contributed by atoms with van der Waals surface area (Å²) in [4.78, 5) is 8.01. The molecule has 0 amide bonds. The summed E-state index contributed by atoms with van der Waals surface area (Å²) in [7, 11) is 0. The molecule has 0 saturated heterocycles. The molecule has 3 aromatic rings. The Morgan fingerprint density at radius 1 is 1.17 bits per heavy atom. The summed E-state index contributed by atoms with van der Waals surface area (Å²) in [6.45, 7) is 0. The Hall–Kier alpha value is -1.85. The third-order valence-corrected chi connectivity index (χ3v) is 2.89. The van der Waals surface area contributed by atoms with Crippen LogP contribution in [0.4, 0.5) is 5.82 Å². The number of aromatic nitrogens is 4. The minimum absolute atomic E-state index is 0.0868. The monoisotopic (exact) mass is 279 g/mol. The molecular formula is C11H7Cl2N5. The predicted molar refractivity (Wildman–Crippen MR) is 71.1 cm³/mol. The highest BCUT2D eigenvalue weighted by Gasteiger charge is 2.11. The molecule has 0 atom stereocenters. The van der Waals surface area contributed by atoms with Gasteiger partial charge in [-0.3, -0.25) is 0 Å². The van der Waals surface area contributed by atoms with Crippen LogP contribution in [-0.4, -0.2) is 19.7 Å². The molecule has 2 aromatic heterocycles. The van der Waals surface area contributed by atoms with Gasteiger partial charge in [0.15, 0.2) is 5.65 Å². The SMILES string of the molecule is Nc1nc(Cl)nc2c1cnn2-c1cccc(Cl)c1. The number of hydrogen-bond donors (Lipinski definition) is 1.